The van der Waals surface area contributed by atoms with E-state index in [1.165, 1.54) is 0 Å². The molecule has 0 radical (unpaired) electrons. The summed E-state index contributed by atoms with van der Waals surface area (Å²) >= 11 is 0. The topological polar surface area (TPSA) is 80.6 Å². The third-order valence-electron chi connectivity index (χ3n) is 1.19. The number of hydrogen-bond acceptors (Lipinski definition) is 3. The number of carboxylic acids is 1. The molecule has 1 rings (SSSR count). The van der Waals surface area contributed by atoms with Crippen molar-refractivity contribution in [3.05, 3.63) is 29.6 Å². The summed E-state index contributed by atoms with van der Waals surface area (Å²) in [5, 5.41) is 26.2. The van der Waals surface area contributed by atoms with Gasteiger partial charge in [0.1, 0.15) is 17.1 Å². The summed E-state index contributed by atoms with van der Waals surface area (Å²) in [6, 6.07) is 2.75. The smallest absolute Gasteiger partial charge is 0.855 e. The molecule has 0 saturated heterocycles. The molecule has 0 aromatic heterocycles. The average molecular weight is 224 g/mol. The second kappa shape index (κ2) is 8.67. The maximum absolute atomic E-state index is 12.3. The van der Waals surface area contributed by atoms with Crippen molar-refractivity contribution >= 4 is 5.97 Å². The molecule has 0 aliphatic heterocycles. The van der Waals surface area contributed by atoms with Gasteiger partial charge in [0.05, 0.1) is 0 Å². The number of benzene rings is 1. The van der Waals surface area contributed by atoms with Gasteiger partial charge in [0.25, 0.3) is 0 Å². The van der Waals surface area contributed by atoms with Crippen LogP contribution in [0.5, 0.6) is 5.75 Å². The Hall–Kier alpha value is -0.620. The predicted molar refractivity (Wildman–Crippen MR) is 45.6 cm³/mol. The molecule has 0 heterocycles. The minimum absolute atomic E-state index is 0. The number of carbonyl (C=O) groups is 1. The van der Waals surface area contributed by atoms with Crippen LogP contribution in [0.3, 0.4) is 0 Å². The van der Waals surface area contributed by atoms with Crippen molar-refractivity contribution in [1.82, 2.24) is 0 Å². The molecule has 0 bridgehead atoms. The summed E-state index contributed by atoms with van der Waals surface area (Å²) in [4.78, 5) is 10.2. The molecule has 1 aromatic carbocycles. The van der Waals surface area contributed by atoms with Crippen LogP contribution in [-0.4, -0.2) is 22.8 Å². The monoisotopic (exact) mass is 224 g/mol. The van der Waals surface area contributed by atoms with Gasteiger partial charge < -0.3 is 15.3 Å². The fourth-order valence-corrected chi connectivity index (χ4v) is 0.680. The summed E-state index contributed by atoms with van der Waals surface area (Å²) in [7, 11) is 0. The minimum Gasteiger partial charge on any atom is -0.855 e. The molecule has 0 aliphatic carbocycles. The Bertz CT molecular complexity index is 317. The van der Waals surface area contributed by atoms with Crippen molar-refractivity contribution in [2.24, 2.45) is 0 Å². The number of hydrogen-bond donors (Lipinski definition) is 2. The molecule has 0 aliphatic rings. The molecule has 1 aromatic rings. The van der Waals surface area contributed by atoms with Gasteiger partial charge >= 0.3 is 35.5 Å². The fourth-order valence-electron chi connectivity index (χ4n) is 0.680. The van der Waals surface area contributed by atoms with Crippen molar-refractivity contribution in [1.29, 1.82) is 0 Å². The maximum atomic E-state index is 12.3. The number of carboxylic acid groups (broad SMARTS) is 1. The SMILES string of the molecule is CC[O-].O=C(O)c1cc(F)ccc1O.[Na+]. The zero-order chi connectivity index (χ0) is 11.1. The van der Waals surface area contributed by atoms with E-state index in [2.05, 4.69) is 0 Å². The van der Waals surface area contributed by atoms with Crippen LogP contribution >= 0.6 is 0 Å². The van der Waals surface area contributed by atoms with Crippen LogP contribution in [0.4, 0.5) is 4.39 Å². The molecular formula is C9H10FNaO4. The first-order chi connectivity index (χ1) is 6.52. The van der Waals surface area contributed by atoms with Crippen LogP contribution in [0, 0.1) is 5.82 Å². The standard InChI is InChI=1S/C7H5FO3.C2H5O.Na/c8-4-1-2-6(9)5(3-4)7(10)11;1-2-3;/h1-3,9H,(H,10,11);2H2,1H3;/q;-1;+1. The summed E-state index contributed by atoms with van der Waals surface area (Å²) in [6.45, 7) is 1.57. The van der Waals surface area contributed by atoms with E-state index >= 15 is 0 Å². The van der Waals surface area contributed by atoms with E-state index in [9.17, 15) is 9.18 Å². The van der Waals surface area contributed by atoms with Crippen LogP contribution in [0.25, 0.3) is 0 Å². The zero-order valence-corrected chi connectivity index (χ0v) is 10.5. The summed E-state index contributed by atoms with van der Waals surface area (Å²) in [5.74, 6) is -2.46. The molecule has 78 valence electrons. The third kappa shape index (κ3) is 6.46. The van der Waals surface area contributed by atoms with Crippen LogP contribution in [-0.2, 0) is 0 Å². The number of aromatic carboxylic acids is 1. The van der Waals surface area contributed by atoms with Gasteiger partial charge in [-0.05, 0) is 18.2 Å². The number of halogens is 1. The molecule has 0 unspecified atom stereocenters. The van der Waals surface area contributed by atoms with Gasteiger partial charge in [-0.15, -0.1) is 6.61 Å². The summed E-state index contributed by atoms with van der Waals surface area (Å²) in [5.41, 5.74) is -0.426. The second-order valence-electron chi connectivity index (χ2n) is 2.26. The first-order valence-electron chi connectivity index (χ1n) is 3.82. The van der Waals surface area contributed by atoms with E-state index < -0.39 is 23.1 Å². The molecule has 6 heteroatoms. The minimum atomic E-state index is -1.35. The van der Waals surface area contributed by atoms with Gasteiger partial charge in [0.2, 0.25) is 0 Å². The molecule has 0 atom stereocenters. The van der Waals surface area contributed by atoms with Crippen LogP contribution in [0.1, 0.15) is 17.3 Å². The molecule has 0 saturated carbocycles. The molecule has 0 amide bonds. The molecule has 0 spiro atoms. The van der Waals surface area contributed by atoms with Crippen molar-refractivity contribution in [3.8, 4) is 5.75 Å². The van der Waals surface area contributed by atoms with E-state index in [1.54, 1.807) is 6.92 Å². The number of phenols is 1. The Kier molecular flexibility index (Phi) is 9.71. The van der Waals surface area contributed by atoms with E-state index in [-0.39, 0.29) is 36.2 Å². The summed E-state index contributed by atoms with van der Waals surface area (Å²) < 4.78 is 12.3. The maximum Gasteiger partial charge on any atom is 1.00 e. The van der Waals surface area contributed by atoms with Gasteiger partial charge in [-0.25, -0.2) is 9.18 Å². The normalized spacial score (nSPS) is 8.20. The Morgan fingerprint density at radius 2 is 2.00 bits per heavy atom. The zero-order valence-electron chi connectivity index (χ0n) is 8.53. The van der Waals surface area contributed by atoms with Crippen molar-refractivity contribution < 1.29 is 54.1 Å². The summed E-state index contributed by atoms with van der Waals surface area (Å²) in [6.07, 6.45) is 0. The largest absolute Gasteiger partial charge is 1.00 e. The van der Waals surface area contributed by atoms with E-state index in [0.29, 0.717) is 0 Å². The Morgan fingerprint density at radius 3 is 2.33 bits per heavy atom. The van der Waals surface area contributed by atoms with Crippen molar-refractivity contribution in [2.75, 3.05) is 6.61 Å². The van der Waals surface area contributed by atoms with Gasteiger partial charge in [-0.3, -0.25) is 0 Å². The molecular weight excluding hydrogens is 214 g/mol. The quantitative estimate of drug-likeness (QED) is 0.521. The first kappa shape index (κ1) is 16.8. The molecule has 4 nitrogen and oxygen atoms in total. The number of rotatable bonds is 1. The fraction of sp³-hybridized carbons (Fsp3) is 0.222. The first-order valence-corrected chi connectivity index (χ1v) is 3.82. The number of aromatic hydroxyl groups is 1. The average Bonchev–Trinajstić information content (AvgIpc) is 2.10. The molecule has 15 heavy (non-hydrogen) atoms. The second-order valence-corrected chi connectivity index (χ2v) is 2.26. The Labute approximate surface area is 109 Å². The van der Waals surface area contributed by atoms with Gasteiger partial charge in [-0.2, -0.15) is 0 Å². The molecule has 0 fully saturated rings. The van der Waals surface area contributed by atoms with E-state index in [0.717, 1.165) is 18.2 Å². The van der Waals surface area contributed by atoms with Crippen LogP contribution in [0.15, 0.2) is 18.2 Å². The van der Waals surface area contributed by atoms with Crippen molar-refractivity contribution in [2.45, 2.75) is 6.92 Å². The van der Waals surface area contributed by atoms with Crippen LogP contribution in [0.2, 0.25) is 0 Å². The Balaban J connectivity index is 0. The van der Waals surface area contributed by atoms with Crippen molar-refractivity contribution in [3.63, 3.8) is 0 Å². The Morgan fingerprint density at radius 1 is 1.53 bits per heavy atom. The van der Waals surface area contributed by atoms with E-state index in [1.807, 2.05) is 0 Å². The predicted octanol–water partition coefficient (Wildman–Crippen LogP) is -2.40. The van der Waals surface area contributed by atoms with Crippen LogP contribution < -0.4 is 34.7 Å². The van der Waals surface area contributed by atoms with Gasteiger partial charge in [0, 0.05) is 0 Å². The van der Waals surface area contributed by atoms with E-state index in [4.69, 9.17) is 15.3 Å². The molecule has 2 N–H and O–H groups in total. The third-order valence-corrected chi connectivity index (χ3v) is 1.19. The van der Waals surface area contributed by atoms with Gasteiger partial charge in [-0.1, -0.05) is 6.92 Å². The van der Waals surface area contributed by atoms with Gasteiger partial charge in [0.15, 0.2) is 0 Å².